The zero-order valence-corrected chi connectivity index (χ0v) is 8.99. The Hall–Kier alpha value is -1.14. The molecule has 15 heavy (non-hydrogen) atoms. The van der Waals surface area contributed by atoms with Crippen LogP contribution in [-0.2, 0) is 4.79 Å². The molecular formula is C9H18N4O2. The molecule has 0 aromatic carbocycles. The molecule has 0 aliphatic carbocycles. The van der Waals surface area contributed by atoms with Crippen molar-refractivity contribution in [2.75, 3.05) is 32.7 Å². The molecule has 0 unspecified atom stereocenters. The first kappa shape index (κ1) is 11.9. The zero-order valence-electron chi connectivity index (χ0n) is 8.99. The Morgan fingerprint density at radius 2 is 2.40 bits per heavy atom. The molecule has 6 nitrogen and oxygen atoms in total. The summed E-state index contributed by atoms with van der Waals surface area (Å²) in [4.78, 5) is 17.1. The molecule has 1 amide bonds. The Balaban J connectivity index is 1.97. The highest BCUT2D eigenvalue weighted by Gasteiger charge is 2.10. The van der Waals surface area contributed by atoms with Gasteiger partial charge in [-0.25, -0.2) is 5.48 Å². The number of hydrogen-bond donors (Lipinski definition) is 3. The van der Waals surface area contributed by atoms with Crippen molar-refractivity contribution in [1.82, 2.24) is 15.7 Å². The van der Waals surface area contributed by atoms with Crippen LogP contribution in [0.15, 0.2) is 4.99 Å². The van der Waals surface area contributed by atoms with Crippen molar-refractivity contribution in [1.29, 1.82) is 0 Å². The summed E-state index contributed by atoms with van der Waals surface area (Å²) >= 11 is 0. The molecule has 0 spiro atoms. The smallest absolute Gasteiger partial charge is 0.244 e. The van der Waals surface area contributed by atoms with Gasteiger partial charge in [-0.1, -0.05) is 0 Å². The van der Waals surface area contributed by atoms with Gasteiger partial charge in [-0.2, -0.15) is 0 Å². The van der Waals surface area contributed by atoms with Gasteiger partial charge in [0.2, 0.25) is 5.91 Å². The van der Waals surface area contributed by atoms with Crippen LogP contribution >= 0.6 is 0 Å². The minimum atomic E-state index is -0.360. The number of amidine groups is 1. The molecule has 1 rings (SSSR count). The highest BCUT2D eigenvalue weighted by atomic mass is 16.5. The van der Waals surface area contributed by atoms with E-state index in [-0.39, 0.29) is 5.91 Å². The molecule has 0 radical (unpaired) electrons. The summed E-state index contributed by atoms with van der Waals surface area (Å²) in [7, 11) is 0. The third-order valence-electron chi connectivity index (χ3n) is 2.38. The quantitative estimate of drug-likeness (QED) is 0.307. The van der Waals surface area contributed by atoms with Crippen molar-refractivity contribution in [3.05, 3.63) is 0 Å². The lowest BCUT2D eigenvalue weighted by Crippen LogP contribution is -2.34. The molecule has 86 valence electrons. The van der Waals surface area contributed by atoms with Gasteiger partial charge in [-0.05, 0) is 6.92 Å². The first-order chi connectivity index (χ1) is 7.24. The topological polar surface area (TPSA) is 77.0 Å². The van der Waals surface area contributed by atoms with E-state index < -0.39 is 0 Å². The zero-order chi connectivity index (χ0) is 11.1. The number of rotatable bonds is 6. The summed E-state index contributed by atoms with van der Waals surface area (Å²) < 4.78 is 0. The predicted molar refractivity (Wildman–Crippen MR) is 57.0 cm³/mol. The molecule has 0 aromatic heterocycles. The fraction of sp³-hybridized carbons (Fsp3) is 0.778. The van der Waals surface area contributed by atoms with Gasteiger partial charge >= 0.3 is 0 Å². The molecule has 1 heterocycles. The van der Waals surface area contributed by atoms with E-state index in [9.17, 15) is 4.79 Å². The van der Waals surface area contributed by atoms with E-state index >= 15 is 0 Å². The van der Waals surface area contributed by atoms with Crippen molar-refractivity contribution in [3.8, 4) is 0 Å². The lowest BCUT2D eigenvalue weighted by atomic mass is 10.4. The maximum Gasteiger partial charge on any atom is 0.244 e. The van der Waals surface area contributed by atoms with Crippen LogP contribution in [0, 0.1) is 0 Å². The second kappa shape index (κ2) is 6.36. The minimum absolute atomic E-state index is 0.295. The maximum absolute atomic E-state index is 10.7. The van der Waals surface area contributed by atoms with E-state index in [1.165, 1.54) is 0 Å². The van der Waals surface area contributed by atoms with Gasteiger partial charge in [0.15, 0.2) is 0 Å². The van der Waals surface area contributed by atoms with E-state index in [2.05, 4.69) is 15.2 Å². The third kappa shape index (κ3) is 4.26. The Morgan fingerprint density at radius 1 is 1.60 bits per heavy atom. The fourth-order valence-corrected chi connectivity index (χ4v) is 1.46. The van der Waals surface area contributed by atoms with E-state index in [1.807, 2.05) is 6.92 Å². The van der Waals surface area contributed by atoms with E-state index in [1.54, 1.807) is 5.48 Å². The molecule has 0 saturated heterocycles. The first-order valence-electron chi connectivity index (χ1n) is 5.13. The van der Waals surface area contributed by atoms with Crippen LogP contribution in [0.1, 0.15) is 13.3 Å². The Bertz CT molecular complexity index is 242. The molecule has 6 heteroatoms. The van der Waals surface area contributed by atoms with Crippen molar-refractivity contribution in [2.24, 2.45) is 4.99 Å². The van der Waals surface area contributed by atoms with Gasteiger partial charge in [0.05, 0.1) is 12.4 Å². The van der Waals surface area contributed by atoms with Gasteiger partial charge in [-0.3, -0.25) is 15.0 Å². The maximum atomic E-state index is 10.7. The number of nitrogens with zero attached hydrogens (tertiary/aromatic N) is 2. The van der Waals surface area contributed by atoms with Gasteiger partial charge in [0.25, 0.3) is 0 Å². The summed E-state index contributed by atoms with van der Waals surface area (Å²) in [6, 6.07) is 0. The van der Waals surface area contributed by atoms with Gasteiger partial charge in [-0.15, -0.1) is 0 Å². The monoisotopic (exact) mass is 214 g/mol. The van der Waals surface area contributed by atoms with E-state index in [4.69, 9.17) is 5.21 Å². The Kier molecular flexibility index (Phi) is 5.06. The van der Waals surface area contributed by atoms with Crippen molar-refractivity contribution in [2.45, 2.75) is 13.3 Å². The second-order valence-electron chi connectivity index (χ2n) is 3.45. The van der Waals surface area contributed by atoms with Crippen molar-refractivity contribution >= 4 is 11.7 Å². The third-order valence-corrected chi connectivity index (χ3v) is 2.38. The Labute approximate surface area is 89.3 Å². The average Bonchev–Trinajstić information content (AvgIpc) is 2.63. The first-order valence-corrected chi connectivity index (χ1v) is 5.13. The SMILES string of the molecule is CC1=NCCN1CCNCCC(=O)NO. The molecule has 1 aliphatic rings. The number of aliphatic imine (C=N–C) groups is 1. The van der Waals surface area contributed by atoms with E-state index in [0.29, 0.717) is 13.0 Å². The van der Waals surface area contributed by atoms with Crippen molar-refractivity contribution < 1.29 is 10.0 Å². The standard InChI is InChI=1S/C9H18N4O2/c1-8-11-5-7-13(8)6-4-10-3-2-9(14)12-15/h10,15H,2-7H2,1H3,(H,12,14). The van der Waals surface area contributed by atoms with Crippen LogP contribution in [0.5, 0.6) is 0 Å². The summed E-state index contributed by atoms with van der Waals surface area (Å²) in [6.07, 6.45) is 0.295. The van der Waals surface area contributed by atoms with Crippen LogP contribution in [0.25, 0.3) is 0 Å². The van der Waals surface area contributed by atoms with Crippen LogP contribution in [0.4, 0.5) is 0 Å². The predicted octanol–water partition coefficient (Wildman–Crippen LogP) is -0.794. The molecule has 0 fully saturated rings. The highest BCUT2D eigenvalue weighted by molar-refractivity contribution is 5.81. The summed E-state index contributed by atoms with van der Waals surface area (Å²) in [5, 5.41) is 11.4. The van der Waals surface area contributed by atoms with Crippen LogP contribution < -0.4 is 10.8 Å². The van der Waals surface area contributed by atoms with Crippen LogP contribution in [0.3, 0.4) is 0 Å². The summed E-state index contributed by atoms with van der Waals surface area (Å²) in [6.45, 7) is 6.20. The molecule has 1 aliphatic heterocycles. The largest absolute Gasteiger partial charge is 0.357 e. The summed E-state index contributed by atoms with van der Waals surface area (Å²) in [5.74, 6) is 0.728. The van der Waals surface area contributed by atoms with Gasteiger partial charge in [0, 0.05) is 32.6 Å². The Morgan fingerprint density at radius 3 is 3.00 bits per heavy atom. The normalized spacial score (nSPS) is 15.3. The number of nitrogens with one attached hydrogen (secondary N) is 2. The number of amides is 1. The van der Waals surface area contributed by atoms with Gasteiger partial charge < -0.3 is 10.2 Å². The lowest BCUT2D eigenvalue weighted by molar-refractivity contribution is -0.129. The number of hydrogen-bond acceptors (Lipinski definition) is 5. The van der Waals surface area contributed by atoms with Crippen LogP contribution in [-0.4, -0.2) is 54.6 Å². The second-order valence-corrected chi connectivity index (χ2v) is 3.45. The van der Waals surface area contributed by atoms with E-state index in [0.717, 1.165) is 32.0 Å². The van der Waals surface area contributed by atoms with Gasteiger partial charge in [0.1, 0.15) is 0 Å². The number of carbonyl (C=O) groups is 1. The number of carbonyl (C=O) groups excluding carboxylic acids is 1. The number of hydroxylamine groups is 1. The summed E-state index contributed by atoms with van der Waals surface area (Å²) in [5.41, 5.74) is 1.60. The molecule has 0 aromatic rings. The molecule has 0 atom stereocenters. The van der Waals surface area contributed by atoms with Crippen LogP contribution in [0.2, 0.25) is 0 Å². The van der Waals surface area contributed by atoms with Crippen molar-refractivity contribution in [3.63, 3.8) is 0 Å². The fourth-order valence-electron chi connectivity index (χ4n) is 1.46. The highest BCUT2D eigenvalue weighted by Crippen LogP contribution is 1.98. The molecule has 3 N–H and O–H groups in total. The minimum Gasteiger partial charge on any atom is -0.357 e. The molecule has 0 saturated carbocycles. The molecule has 0 bridgehead atoms. The molecular weight excluding hydrogens is 196 g/mol. The average molecular weight is 214 g/mol. The lowest BCUT2D eigenvalue weighted by Gasteiger charge is -2.17.